The van der Waals surface area contributed by atoms with Crippen LogP contribution >= 0.6 is 71.5 Å². The molecule has 46 heavy (non-hydrogen) atoms. The molecule has 4 aromatic carbocycles. The number of halogens is 4. The first-order chi connectivity index (χ1) is 21.8. The number of aromatic hydroxyl groups is 1. The van der Waals surface area contributed by atoms with Crippen LogP contribution in [0.2, 0.25) is 5.02 Å². The van der Waals surface area contributed by atoms with Crippen molar-refractivity contribution in [2.75, 3.05) is 10.6 Å². The molecule has 11 heteroatoms. The molecule has 5 rings (SSSR count). The van der Waals surface area contributed by atoms with Gasteiger partial charge < -0.3 is 20.5 Å². The van der Waals surface area contributed by atoms with Gasteiger partial charge in [-0.25, -0.2) is 0 Å². The zero-order valence-corrected chi connectivity index (χ0v) is 35.5. The predicted molar refractivity (Wildman–Crippen MR) is 223 cm³/mol. The number of amides is 2. The van der Waals surface area contributed by atoms with E-state index in [1.54, 1.807) is 54.6 Å². The second kappa shape index (κ2) is 30.8. The molecule has 0 saturated heterocycles. The molecule has 0 radical (unpaired) electrons. The van der Waals surface area contributed by atoms with Gasteiger partial charge in [-0.3, -0.25) is 9.59 Å². The number of carbonyl (C=O) groups is 2. The minimum atomic E-state index is -0.350. The van der Waals surface area contributed by atoms with E-state index in [9.17, 15) is 14.7 Å². The molecule has 0 aliphatic carbocycles. The third kappa shape index (κ3) is 18.7. The van der Waals surface area contributed by atoms with E-state index in [0.717, 1.165) is 0 Å². The van der Waals surface area contributed by atoms with Gasteiger partial charge in [0.05, 0.1) is 27.5 Å². The Labute approximate surface area is 319 Å². The van der Waals surface area contributed by atoms with E-state index in [1.807, 2.05) is 91.8 Å². The molecule has 0 aromatic heterocycles. The van der Waals surface area contributed by atoms with Crippen molar-refractivity contribution in [2.24, 2.45) is 0 Å². The van der Waals surface area contributed by atoms with E-state index < -0.39 is 0 Å². The number of anilines is 2. The van der Waals surface area contributed by atoms with Crippen LogP contribution in [0.15, 0.2) is 97.1 Å². The second-order valence-electron chi connectivity index (χ2n) is 7.19. The molecule has 1 heterocycles. The van der Waals surface area contributed by atoms with E-state index in [2.05, 4.69) is 70.6 Å². The van der Waals surface area contributed by atoms with Crippen LogP contribution in [-0.4, -0.2) is 16.9 Å². The summed E-state index contributed by atoms with van der Waals surface area (Å²) in [6.07, 6.45) is 0. The number of nitrogens with one attached hydrogen (secondary N) is 2. The average molecular weight is 1030 g/mol. The van der Waals surface area contributed by atoms with Crippen molar-refractivity contribution in [3.05, 3.63) is 113 Å². The first kappa shape index (κ1) is 48.9. The van der Waals surface area contributed by atoms with Crippen LogP contribution in [0.5, 0.6) is 17.2 Å². The first-order valence-corrected chi connectivity index (χ1v) is 28.4. The summed E-state index contributed by atoms with van der Waals surface area (Å²) < 4.78 is 5.69. The van der Waals surface area contributed by atoms with Crippen molar-refractivity contribution in [1.29, 1.82) is 0 Å². The Morgan fingerprint density at radius 1 is 0.739 bits per heavy atom. The van der Waals surface area contributed by atoms with Crippen LogP contribution in [0.1, 0.15) is 83.5 Å². The summed E-state index contributed by atoms with van der Waals surface area (Å²) in [4.78, 5) is 23.5. The number of rotatable bonds is 2. The van der Waals surface area contributed by atoms with Crippen LogP contribution in [0, 0.1) is 0 Å². The molecule has 3 N–H and O–H groups in total. The Kier molecular flexibility index (Phi) is 32.7. The first-order valence-electron chi connectivity index (χ1n) is 14.5. The Bertz CT molecular complexity index is 1390. The van der Waals surface area contributed by atoms with Gasteiger partial charge in [0.25, 0.3) is 11.8 Å². The number of phenols is 1. The van der Waals surface area contributed by atoms with Crippen LogP contribution < -0.4 is 15.4 Å². The Morgan fingerprint density at radius 2 is 1.20 bits per heavy atom. The Balaban J connectivity index is -0.000000595. The minimum absolute atomic E-state index is 0. The van der Waals surface area contributed by atoms with Gasteiger partial charge in [-0.2, -0.15) is 0 Å². The maximum absolute atomic E-state index is 11.9. The summed E-state index contributed by atoms with van der Waals surface area (Å²) in [6, 6.07) is 27.8. The van der Waals surface area contributed by atoms with E-state index in [4.69, 9.17) is 16.3 Å². The third-order valence-electron chi connectivity index (χ3n) is 4.76. The molecule has 0 spiro atoms. The molecule has 254 valence electrons. The van der Waals surface area contributed by atoms with E-state index in [-0.39, 0.29) is 29.9 Å². The quantitative estimate of drug-likeness (QED) is 0.138. The standard InChI is InChI=1S/C13H10ClNO2.C13H9NO2.4C2H6.CH4.3HI.V/c14-10-6-2-1-5-9(10)13(17)15-11-7-3-4-8-12(11)16;15-13-9-5-1-3-7-11(9)16-12-8-4-2-6-10(12)14-13;4*1-2;;;;;/h1-8,16H,(H,15,17);1-8H,(H,14,15);4*1-2H3;1H4;3*1H;/q;;;;;;;;;;+3/p-3. The van der Waals surface area contributed by atoms with Crippen molar-refractivity contribution in [1.82, 2.24) is 0 Å². The predicted octanol–water partition coefficient (Wildman–Crippen LogP) is 13.7. The zero-order chi connectivity index (χ0) is 34.8. The van der Waals surface area contributed by atoms with Gasteiger partial charge in [0, 0.05) is 0 Å². The SMILES string of the molecule is C.CC.CC.CC.CC.O=C(Nc1ccccc1O)c1ccccc1Cl.O=C1Nc2ccccc2Oc2ccccc21.[I][V]([I])[I]. The van der Waals surface area contributed by atoms with Gasteiger partial charge in [-0.05, 0) is 48.5 Å². The number of para-hydroxylation sites is 5. The van der Waals surface area contributed by atoms with Crippen molar-refractivity contribution in [2.45, 2.75) is 62.8 Å². The summed E-state index contributed by atoms with van der Waals surface area (Å²) in [5, 5.41) is 15.3. The zero-order valence-electron chi connectivity index (χ0n) is 26.9. The Morgan fingerprint density at radius 3 is 1.76 bits per heavy atom. The number of benzene rings is 4. The van der Waals surface area contributed by atoms with Gasteiger partial charge >= 0.3 is 64.9 Å². The summed E-state index contributed by atoms with van der Waals surface area (Å²) in [7, 11) is 0. The number of hydrogen-bond acceptors (Lipinski definition) is 4. The summed E-state index contributed by atoms with van der Waals surface area (Å²) >= 11 is 13.3. The molecule has 0 unspecified atom stereocenters. The number of phenolic OH excluding ortho intramolecular Hbond substituents is 1. The molecule has 0 atom stereocenters. The van der Waals surface area contributed by atoms with Gasteiger partial charge in [0.15, 0.2) is 5.75 Å². The van der Waals surface area contributed by atoms with E-state index in [1.165, 1.54) is 6.07 Å². The van der Waals surface area contributed by atoms with E-state index in [0.29, 0.717) is 39.0 Å². The van der Waals surface area contributed by atoms with Crippen molar-refractivity contribution < 1.29 is 24.4 Å². The van der Waals surface area contributed by atoms with Crippen LogP contribution in [0.3, 0.4) is 0 Å². The molecule has 0 fully saturated rings. The van der Waals surface area contributed by atoms with Gasteiger partial charge in [0.2, 0.25) is 0 Å². The fourth-order valence-electron chi connectivity index (χ4n) is 3.12. The number of carbonyl (C=O) groups excluding carboxylic acids is 2. The molecule has 1 aliphatic heterocycles. The van der Waals surface area contributed by atoms with Gasteiger partial charge in [-0.1, -0.05) is 123 Å². The van der Waals surface area contributed by atoms with Crippen LogP contribution in [0.25, 0.3) is 0 Å². The van der Waals surface area contributed by atoms with E-state index >= 15 is 0 Å². The fourth-order valence-corrected chi connectivity index (χ4v) is 3.35. The third-order valence-corrected chi connectivity index (χ3v) is 5.09. The summed E-state index contributed by atoms with van der Waals surface area (Å²) in [5.41, 5.74) is 1.98. The number of hydrogen-bond donors (Lipinski definition) is 3. The van der Waals surface area contributed by atoms with Crippen molar-refractivity contribution in [3.63, 3.8) is 0 Å². The number of ether oxygens (including phenoxy) is 1. The molecule has 0 bridgehead atoms. The molecule has 6 nitrogen and oxygen atoms in total. The van der Waals surface area contributed by atoms with Crippen molar-refractivity contribution in [3.8, 4) is 17.2 Å². The number of fused-ring (bicyclic) bond motifs is 2. The molecular formula is C35H47ClI3N2O4V. The molecule has 4 aromatic rings. The molecule has 1 aliphatic rings. The summed E-state index contributed by atoms with van der Waals surface area (Å²) in [6.45, 7) is 16.0. The normalized spacial score (nSPS) is 9.46. The van der Waals surface area contributed by atoms with Crippen molar-refractivity contribution >= 4 is 94.7 Å². The summed E-state index contributed by atoms with van der Waals surface area (Å²) in [5.74, 6) is 0.788. The average Bonchev–Trinajstić information content (AvgIpc) is 3.22. The van der Waals surface area contributed by atoms with Crippen LogP contribution in [-0.2, 0) is 4.92 Å². The van der Waals surface area contributed by atoms with Crippen LogP contribution in [0.4, 0.5) is 11.4 Å². The molecular weight excluding hydrogens is 980 g/mol. The molecule has 2 amide bonds. The molecule has 0 saturated carbocycles. The second-order valence-corrected chi connectivity index (χ2v) is 43.0. The fraction of sp³-hybridized carbons (Fsp3) is 0.257. The van der Waals surface area contributed by atoms with Gasteiger partial charge in [0.1, 0.15) is 11.5 Å². The monoisotopic (exact) mass is 1030 g/mol. The van der Waals surface area contributed by atoms with Gasteiger partial charge in [-0.15, -0.1) is 0 Å². The Hall–Kier alpha value is -1.52. The topological polar surface area (TPSA) is 87.7 Å². The maximum atomic E-state index is 11.9.